The van der Waals surface area contributed by atoms with Gasteiger partial charge in [-0.3, -0.25) is 0 Å². The smallest absolute Gasteiger partial charge is 0.238 e. The molecule has 4 nitrogen and oxygen atoms in total. The summed E-state index contributed by atoms with van der Waals surface area (Å²) in [6.45, 7) is 1.79. The Balaban J connectivity index is 1.84. The van der Waals surface area contributed by atoms with Gasteiger partial charge in [0.2, 0.25) is 10.0 Å². The van der Waals surface area contributed by atoms with Crippen LogP contribution in [0.3, 0.4) is 0 Å². The number of primary sulfonamides is 1. The molecule has 102 valence electrons. The SMILES string of the molecule is Cc1c(NC2CC3CC=CC32)cccc1S(N)(=O)=O. The quantitative estimate of drug-likeness (QED) is 0.831. The predicted molar refractivity (Wildman–Crippen MR) is 75.3 cm³/mol. The maximum Gasteiger partial charge on any atom is 0.238 e. The molecule has 0 bridgehead atoms. The lowest BCUT2D eigenvalue weighted by Gasteiger charge is -2.41. The van der Waals surface area contributed by atoms with Gasteiger partial charge in [0.15, 0.2) is 0 Å². The molecule has 5 heteroatoms. The highest BCUT2D eigenvalue weighted by Gasteiger charge is 2.41. The molecular formula is C14H18N2O2S. The molecule has 19 heavy (non-hydrogen) atoms. The number of benzene rings is 1. The third-order valence-electron chi connectivity index (χ3n) is 4.29. The zero-order chi connectivity index (χ0) is 13.6. The van der Waals surface area contributed by atoms with Gasteiger partial charge in [0.05, 0.1) is 4.90 Å². The van der Waals surface area contributed by atoms with Crippen LogP contribution in [0, 0.1) is 18.8 Å². The van der Waals surface area contributed by atoms with E-state index in [1.165, 1.54) is 6.42 Å². The van der Waals surface area contributed by atoms with Crippen LogP contribution in [0.4, 0.5) is 5.69 Å². The van der Waals surface area contributed by atoms with Crippen LogP contribution >= 0.6 is 0 Å². The first-order valence-corrected chi connectivity index (χ1v) is 8.07. The van der Waals surface area contributed by atoms with Crippen LogP contribution in [-0.4, -0.2) is 14.5 Å². The molecule has 2 aliphatic carbocycles. The van der Waals surface area contributed by atoms with Gasteiger partial charge in [-0.1, -0.05) is 18.2 Å². The van der Waals surface area contributed by atoms with E-state index in [0.717, 1.165) is 18.0 Å². The lowest BCUT2D eigenvalue weighted by Crippen LogP contribution is -2.43. The van der Waals surface area contributed by atoms with E-state index in [1.807, 2.05) is 6.07 Å². The fraction of sp³-hybridized carbons (Fsp3) is 0.429. The molecule has 0 aliphatic heterocycles. The van der Waals surface area contributed by atoms with Gasteiger partial charge in [0, 0.05) is 17.6 Å². The molecule has 0 spiro atoms. The van der Waals surface area contributed by atoms with Crippen molar-refractivity contribution in [2.45, 2.75) is 30.7 Å². The molecule has 0 radical (unpaired) electrons. The Kier molecular flexibility index (Phi) is 2.91. The van der Waals surface area contributed by atoms with Gasteiger partial charge in [0.25, 0.3) is 0 Å². The van der Waals surface area contributed by atoms with Gasteiger partial charge in [-0.05, 0) is 43.4 Å². The van der Waals surface area contributed by atoms with Crippen molar-refractivity contribution in [1.82, 2.24) is 0 Å². The van der Waals surface area contributed by atoms with E-state index in [-0.39, 0.29) is 4.90 Å². The molecule has 2 aliphatic rings. The van der Waals surface area contributed by atoms with E-state index < -0.39 is 10.0 Å². The van der Waals surface area contributed by atoms with Crippen molar-refractivity contribution in [1.29, 1.82) is 0 Å². The van der Waals surface area contributed by atoms with Gasteiger partial charge >= 0.3 is 0 Å². The van der Waals surface area contributed by atoms with Crippen LogP contribution in [0.5, 0.6) is 0 Å². The predicted octanol–water partition coefficient (Wildman–Crippen LogP) is 2.02. The Morgan fingerprint density at radius 2 is 2.16 bits per heavy atom. The first-order valence-electron chi connectivity index (χ1n) is 6.52. The molecule has 3 N–H and O–H groups in total. The van der Waals surface area contributed by atoms with Gasteiger partial charge < -0.3 is 5.32 Å². The maximum absolute atomic E-state index is 11.5. The molecular weight excluding hydrogens is 260 g/mol. The van der Waals surface area contributed by atoms with Crippen LogP contribution < -0.4 is 10.5 Å². The fourth-order valence-corrected chi connectivity index (χ4v) is 3.97. The van der Waals surface area contributed by atoms with Crippen LogP contribution in [0.25, 0.3) is 0 Å². The largest absolute Gasteiger partial charge is 0.381 e. The lowest BCUT2D eigenvalue weighted by molar-refractivity contribution is 0.218. The molecule has 1 fully saturated rings. The van der Waals surface area contributed by atoms with Crippen molar-refractivity contribution in [2.24, 2.45) is 17.0 Å². The molecule has 3 unspecified atom stereocenters. The third-order valence-corrected chi connectivity index (χ3v) is 5.35. The van der Waals surface area contributed by atoms with Gasteiger partial charge in [0.1, 0.15) is 0 Å². The normalized spacial score (nSPS) is 28.8. The second-order valence-corrected chi connectivity index (χ2v) is 6.99. The second-order valence-electron chi connectivity index (χ2n) is 5.46. The summed E-state index contributed by atoms with van der Waals surface area (Å²) in [7, 11) is -3.65. The number of anilines is 1. The van der Waals surface area contributed by atoms with E-state index in [2.05, 4.69) is 17.5 Å². The van der Waals surface area contributed by atoms with Gasteiger partial charge in [-0.25, -0.2) is 13.6 Å². The van der Waals surface area contributed by atoms with Crippen LogP contribution in [-0.2, 0) is 10.0 Å². The molecule has 1 aromatic rings. The Bertz CT molecular complexity index is 637. The molecule has 3 rings (SSSR count). The molecule has 1 saturated carbocycles. The van der Waals surface area contributed by atoms with Crippen molar-refractivity contribution in [2.75, 3.05) is 5.32 Å². The monoisotopic (exact) mass is 278 g/mol. The van der Waals surface area contributed by atoms with E-state index in [1.54, 1.807) is 19.1 Å². The highest BCUT2D eigenvalue weighted by atomic mass is 32.2. The number of fused-ring (bicyclic) bond motifs is 1. The number of rotatable bonds is 3. The minimum absolute atomic E-state index is 0.204. The second kappa shape index (κ2) is 4.35. The first-order chi connectivity index (χ1) is 8.97. The minimum Gasteiger partial charge on any atom is -0.381 e. The van der Waals surface area contributed by atoms with Crippen molar-refractivity contribution < 1.29 is 8.42 Å². The molecule has 0 aromatic heterocycles. The molecule has 1 aromatic carbocycles. The van der Waals surface area contributed by atoms with E-state index >= 15 is 0 Å². The van der Waals surface area contributed by atoms with Crippen molar-refractivity contribution >= 4 is 15.7 Å². The fourth-order valence-electron chi connectivity index (χ4n) is 3.16. The van der Waals surface area contributed by atoms with Crippen molar-refractivity contribution in [3.63, 3.8) is 0 Å². The number of nitrogens with two attached hydrogens (primary N) is 1. The summed E-state index contributed by atoms with van der Waals surface area (Å²) < 4.78 is 23.0. The lowest BCUT2D eigenvalue weighted by atomic mass is 9.71. The first kappa shape index (κ1) is 12.7. The van der Waals surface area contributed by atoms with E-state index in [4.69, 9.17) is 5.14 Å². The summed E-state index contributed by atoms with van der Waals surface area (Å²) in [6.07, 6.45) is 6.84. The summed E-state index contributed by atoms with van der Waals surface area (Å²) in [5, 5.41) is 8.68. The summed E-state index contributed by atoms with van der Waals surface area (Å²) in [6, 6.07) is 5.61. The highest BCUT2D eigenvalue weighted by molar-refractivity contribution is 7.89. The zero-order valence-electron chi connectivity index (χ0n) is 10.8. The van der Waals surface area contributed by atoms with Crippen LogP contribution in [0.15, 0.2) is 35.2 Å². The van der Waals surface area contributed by atoms with E-state index in [0.29, 0.717) is 17.5 Å². The summed E-state index contributed by atoms with van der Waals surface area (Å²) in [5.41, 5.74) is 1.57. The van der Waals surface area contributed by atoms with Crippen LogP contribution in [0.2, 0.25) is 0 Å². The Morgan fingerprint density at radius 1 is 1.37 bits per heavy atom. The average Bonchev–Trinajstić information content (AvgIpc) is 2.68. The molecule has 0 saturated heterocycles. The third kappa shape index (κ3) is 2.17. The number of allylic oxidation sites excluding steroid dienone is 1. The van der Waals surface area contributed by atoms with Crippen molar-refractivity contribution in [3.8, 4) is 0 Å². The molecule has 3 atom stereocenters. The summed E-state index contributed by atoms with van der Waals surface area (Å²) in [5.74, 6) is 1.37. The Hall–Kier alpha value is -1.33. The number of nitrogens with one attached hydrogen (secondary N) is 1. The van der Waals surface area contributed by atoms with E-state index in [9.17, 15) is 8.42 Å². The average molecular weight is 278 g/mol. The number of sulfonamides is 1. The standard InChI is InChI=1S/C14H18N2O2S/c1-9-12(6-3-7-14(9)19(15,17)18)16-13-8-10-4-2-5-11(10)13/h2-3,5-7,10-11,13,16H,4,8H2,1H3,(H2,15,17,18). The Morgan fingerprint density at radius 3 is 2.84 bits per heavy atom. The zero-order valence-corrected chi connectivity index (χ0v) is 11.7. The highest BCUT2D eigenvalue weighted by Crippen LogP contribution is 2.44. The topological polar surface area (TPSA) is 72.2 Å². The summed E-state index contributed by atoms with van der Waals surface area (Å²) >= 11 is 0. The molecule has 0 heterocycles. The number of hydrogen-bond donors (Lipinski definition) is 2. The Labute approximate surface area is 113 Å². The maximum atomic E-state index is 11.5. The summed E-state index contributed by atoms with van der Waals surface area (Å²) in [4.78, 5) is 0.204. The number of hydrogen-bond acceptors (Lipinski definition) is 3. The van der Waals surface area contributed by atoms with Gasteiger partial charge in [-0.15, -0.1) is 0 Å². The van der Waals surface area contributed by atoms with Crippen LogP contribution in [0.1, 0.15) is 18.4 Å². The minimum atomic E-state index is -3.65. The van der Waals surface area contributed by atoms with Gasteiger partial charge in [-0.2, -0.15) is 0 Å². The van der Waals surface area contributed by atoms with Crippen molar-refractivity contribution in [3.05, 3.63) is 35.9 Å². The molecule has 0 amide bonds.